The van der Waals surface area contributed by atoms with Crippen LogP contribution in [0.3, 0.4) is 0 Å². The number of benzene rings is 3. The molecule has 3 nitrogen and oxygen atoms in total. The normalized spacial score (nSPS) is 11.0. The lowest BCUT2D eigenvalue weighted by atomic mass is 9.97. The van der Waals surface area contributed by atoms with Crippen molar-refractivity contribution in [2.45, 2.75) is 52.9 Å². The summed E-state index contributed by atoms with van der Waals surface area (Å²) in [6.45, 7) is 6.52. The van der Waals surface area contributed by atoms with Crippen LogP contribution in [0.1, 0.15) is 60.1 Å². The van der Waals surface area contributed by atoms with E-state index in [0.717, 1.165) is 48.3 Å². The Balaban J connectivity index is 1.73. The molecule has 0 fully saturated rings. The lowest BCUT2D eigenvalue weighted by Crippen LogP contribution is -2.08. The van der Waals surface area contributed by atoms with Crippen molar-refractivity contribution in [3.63, 3.8) is 0 Å². The average molecular weight is 436 g/mol. The highest BCUT2D eigenvalue weighted by Crippen LogP contribution is 2.30. The van der Waals surface area contributed by atoms with Gasteiger partial charge < -0.3 is 5.73 Å². The maximum atomic E-state index is 6.57. The monoisotopic (exact) mass is 435 g/mol. The molecule has 0 atom stereocenters. The zero-order valence-electron chi connectivity index (χ0n) is 19.9. The molecule has 0 spiro atoms. The van der Waals surface area contributed by atoms with Crippen LogP contribution in [0.2, 0.25) is 0 Å². The second kappa shape index (κ2) is 10.4. The summed E-state index contributed by atoms with van der Waals surface area (Å²) >= 11 is 0. The van der Waals surface area contributed by atoms with Crippen LogP contribution in [0.5, 0.6) is 0 Å². The number of nitrogen functional groups attached to an aromatic ring is 1. The van der Waals surface area contributed by atoms with Crippen molar-refractivity contribution >= 4 is 5.82 Å². The van der Waals surface area contributed by atoms with E-state index in [1.165, 1.54) is 27.8 Å². The molecule has 4 rings (SSSR count). The first-order valence-corrected chi connectivity index (χ1v) is 12.0. The van der Waals surface area contributed by atoms with E-state index in [1.54, 1.807) is 0 Å². The third kappa shape index (κ3) is 5.48. The molecule has 0 aliphatic heterocycles. The van der Waals surface area contributed by atoms with Gasteiger partial charge in [-0.2, -0.15) is 0 Å². The van der Waals surface area contributed by atoms with E-state index in [2.05, 4.69) is 93.6 Å². The van der Waals surface area contributed by atoms with Gasteiger partial charge in [0.2, 0.25) is 0 Å². The molecule has 0 aliphatic carbocycles. The van der Waals surface area contributed by atoms with Crippen LogP contribution in [0.15, 0.2) is 72.8 Å². The largest absolute Gasteiger partial charge is 0.383 e. The zero-order chi connectivity index (χ0) is 23.2. The quantitative estimate of drug-likeness (QED) is 0.339. The molecule has 0 amide bonds. The molecule has 168 valence electrons. The number of aromatic nitrogens is 2. The molecule has 1 heterocycles. The minimum atomic E-state index is 0.551. The molecule has 2 N–H and O–H groups in total. The molecule has 0 saturated heterocycles. The van der Waals surface area contributed by atoms with Gasteiger partial charge in [0.05, 0.1) is 5.69 Å². The van der Waals surface area contributed by atoms with E-state index in [-0.39, 0.29) is 0 Å². The van der Waals surface area contributed by atoms with E-state index in [1.807, 2.05) is 0 Å². The molecule has 3 heteroatoms. The molecule has 3 aromatic carbocycles. The van der Waals surface area contributed by atoms with Crippen molar-refractivity contribution in [2.75, 3.05) is 5.73 Å². The average Bonchev–Trinajstić information content (AvgIpc) is 2.85. The van der Waals surface area contributed by atoms with Gasteiger partial charge in [-0.3, -0.25) is 0 Å². The van der Waals surface area contributed by atoms with Crippen LogP contribution in [0.4, 0.5) is 5.82 Å². The Morgan fingerprint density at radius 2 is 0.970 bits per heavy atom. The standard InChI is InChI=1S/C30H33N3/c1-4-21-7-11-24(12-8-21)19-27-29(26-17-15-23(6-3)16-18-26)30(31)33-28(32-27)20-25-13-9-22(5-2)10-14-25/h7-18H,4-6,19-20H2,1-3H3,(H2,31,32,33). The first kappa shape index (κ1) is 22.7. The van der Waals surface area contributed by atoms with E-state index in [4.69, 9.17) is 15.7 Å². The van der Waals surface area contributed by atoms with Gasteiger partial charge in [-0.1, -0.05) is 93.6 Å². The zero-order valence-corrected chi connectivity index (χ0v) is 19.9. The minimum absolute atomic E-state index is 0.551. The third-order valence-electron chi connectivity index (χ3n) is 6.31. The number of anilines is 1. The summed E-state index contributed by atoms with van der Waals surface area (Å²) in [4.78, 5) is 9.76. The van der Waals surface area contributed by atoms with Gasteiger partial charge in [-0.05, 0) is 52.6 Å². The fourth-order valence-corrected chi connectivity index (χ4v) is 4.17. The van der Waals surface area contributed by atoms with Crippen LogP contribution < -0.4 is 5.73 Å². The molecular weight excluding hydrogens is 402 g/mol. The molecule has 0 bridgehead atoms. The fourth-order valence-electron chi connectivity index (χ4n) is 4.17. The summed E-state index contributed by atoms with van der Waals surface area (Å²) in [5.41, 5.74) is 16.0. The van der Waals surface area contributed by atoms with Gasteiger partial charge in [0.1, 0.15) is 11.6 Å². The Labute approximate surface area is 197 Å². The summed E-state index contributed by atoms with van der Waals surface area (Å²) in [7, 11) is 0. The molecule has 0 aliphatic rings. The van der Waals surface area contributed by atoms with E-state index in [9.17, 15) is 0 Å². The van der Waals surface area contributed by atoms with Gasteiger partial charge in [-0.15, -0.1) is 0 Å². The molecule has 33 heavy (non-hydrogen) atoms. The van der Waals surface area contributed by atoms with Crippen LogP contribution in [0.25, 0.3) is 11.1 Å². The summed E-state index contributed by atoms with van der Waals surface area (Å²) in [6.07, 6.45) is 4.49. The minimum Gasteiger partial charge on any atom is -0.383 e. The van der Waals surface area contributed by atoms with Crippen molar-refractivity contribution in [3.8, 4) is 11.1 Å². The molecule has 1 aromatic heterocycles. The number of hydrogen-bond donors (Lipinski definition) is 1. The maximum absolute atomic E-state index is 6.57. The van der Waals surface area contributed by atoms with Crippen molar-refractivity contribution < 1.29 is 0 Å². The predicted octanol–water partition coefficient (Wildman–Crippen LogP) is 6.59. The number of nitrogens with zero attached hydrogens (tertiary/aromatic N) is 2. The number of aryl methyl sites for hydroxylation is 3. The SMILES string of the molecule is CCc1ccc(Cc2nc(N)c(-c3ccc(CC)cc3)c(Cc3ccc(CC)cc3)n2)cc1. The third-order valence-corrected chi connectivity index (χ3v) is 6.31. The van der Waals surface area contributed by atoms with Gasteiger partial charge in [0.15, 0.2) is 0 Å². The molecule has 0 radical (unpaired) electrons. The molecule has 0 saturated carbocycles. The fraction of sp³-hybridized carbons (Fsp3) is 0.267. The Kier molecular flexibility index (Phi) is 7.19. The van der Waals surface area contributed by atoms with Crippen molar-refractivity contribution in [1.29, 1.82) is 0 Å². The lowest BCUT2D eigenvalue weighted by Gasteiger charge is -2.15. The highest BCUT2D eigenvalue weighted by atomic mass is 15.0. The van der Waals surface area contributed by atoms with Crippen LogP contribution in [0, 0.1) is 0 Å². The van der Waals surface area contributed by atoms with Crippen molar-refractivity contribution in [3.05, 3.63) is 112 Å². The van der Waals surface area contributed by atoms with Gasteiger partial charge in [0.25, 0.3) is 0 Å². The summed E-state index contributed by atoms with van der Waals surface area (Å²) in [6, 6.07) is 26.1. The van der Waals surface area contributed by atoms with Gasteiger partial charge in [0, 0.05) is 18.4 Å². The lowest BCUT2D eigenvalue weighted by molar-refractivity contribution is 0.924. The summed E-state index contributed by atoms with van der Waals surface area (Å²) in [5.74, 6) is 1.32. The highest BCUT2D eigenvalue weighted by molar-refractivity contribution is 5.76. The van der Waals surface area contributed by atoms with E-state index in [0.29, 0.717) is 12.2 Å². The van der Waals surface area contributed by atoms with Crippen LogP contribution in [-0.2, 0) is 32.1 Å². The second-order valence-electron chi connectivity index (χ2n) is 8.59. The molecule has 0 unspecified atom stereocenters. The maximum Gasteiger partial charge on any atom is 0.135 e. The topological polar surface area (TPSA) is 51.8 Å². The molecule has 4 aromatic rings. The van der Waals surface area contributed by atoms with Crippen LogP contribution >= 0.6 is 0 Å². The van der Waals surface area contributed by atoms with Crippen molar-refractivity contribution in [2.24, 2.45) is 0 Å². The number of nitrogens with two attached hydrogens (primary N) is 1. The first-order chi connectivity index (χ1) is 16.1. The molecular formula is C30H33N3. The summed E-state index contributed by atoms with van der Waals surface area (Å²) < 4.78 is 0. The van der Waals surface area contributed by atoms with Crippen LogP contribution in [-0.4, -0.2) is 9.97 Å². The first-order valence-electron chi connectivity index (χ1n) is 12.0. The van der Waals surface area contributed by atoms with Gasteiger partial charge in [-0.25, -0.2) is 9.97 Å². The number of rotatable bonds is 8. The van der Waals surface area contributed by atoms with Gasteiger partial charge >= 0.3 is 0 Å². The Morgan fingerprint density at radius 1 is 0.545 bits per heavy atom. The predicted molar refractivity (Wildman–Crippen MR) is 139 cm³/mol. The highest BCUT2D eigenvalue weighted by Gasteiger charge is 2.16. The Hall–Kier alpha value is -3.46. The van der Waals surface area contributed by atoms with E-state index >= 15 is 0 Å². The van der Waals surface area contributed by atoms with Crippen molar-refractivity contribution in [1.82, 2.24) is 9.97 Å². The number of hydrogen-bond acceptors (Lipinski definition) is 3. The summed E-state index contributed by atoms with van der Waals surface area (Å²) in [5, 5.41) is 0. The smallest absolute Gasteiger partial charge is 0.135 e. The Bertz CT molecular complexity index is 1190. The second-order valence-corrected chi connectivity index (χ2v) is 8.59. The Morgan fingerprint density at radius 3 is 1.45 bits per heavy atom. The van der Waals surface area contributed by atoms with E-state index < -0.39 is 0 Å².